The number of benzene rings is 2. The maximum absolute atomic E-state index is 13.3. The molecule has 1 N–H and O–H groups in total. The first kappa shape index (κ1) is 16.2. The van der Waals surface area contributed by atoms with E-state index in [4.69, 9.17) is 4.74 Å². The molecule has 0 saturated carbocycles. The summed E-state index contributed by atoms with van der Waals surface area (Å²) in [6, 6.07) is 13.4. The number of nitrogens with one attached hydrogen (secondary N) is 1. The molecular formula is C16H14BrFN2O2. The van der Waals surface area contributed by atoms with E-state index in [0.29, 0.717) is 5.71 Å². The van der Waals surface area contributed by atoms with Gasteiger partial charge in [0, 0.05) is 10.0 Å². The van der Waals surface area contributed by atoms with Crippen molar-refractivity contribution in [1.29, 1.82) is 0 Å². The highest BCUT2D eigenvalue weighted by Gasteiger charge is 2.07. The zero-order chi connectivity index (χ0) is 15.9. The van der Waals surface area contributed by atoms with Crippen molar-refractivity contribution in [3.8, 4) is 5.75 Å². The summed E-state index contributed by atoms with van der Waals surface area (Å²) in [5, 5.41) is 4.00. The van der Waals surface area contributed by atoms with E-state index < -0.39 is 11.7 Å². The van der Waals surface area contributed by atoms with Crippen LogP contribution in [-0.2, 0) is 4.79 Å². The summed E-state index contributed by atoms with van der Waals surface area (Å²) >= 11 is 3.41. The number of rotatable bonds is 5. The zero-order valence-electron chi connectivity index (χ0n) is 11.8. The first-order valence-corrected chi connectivity index (χ1v) is 7.32. The van der Waals surface area contributed by atoms with Crippen LogP contribution in [0, 0.1) is 5.82 Å². The Balaban J connectivity index is 1.91. The third kappa shape index (κ3) is 4.39. The average Bonchev–Trinajstić information content (AvgIpc) is 2.52. The van der Waals surface area contributed by atoms with Gasteiger partial charge < -0.3 is 4.74 Å². The zero-order valence-corrected chi connectivity index (χ0v) is 13.4. The van der Waals surface area contributed by atoms with Crippen LogP contribution < -0.4 is 10.2 Å². The molecule has 114 valence electrons. The van der Waals surface area contributed by atoms with E-state index in [2.05, 4.69) is 26.5 Å². The minimum Gasteiger partial charge on any atom is -0.481 e. The predicted molar refractivity (Wildman–Crippen MR) is 86.4 cm³/mol. The van der Waals surface area contributed by atoms with E-state index in [1.165, 1.54) is 12.1 Å². The fourth-order valence-corrected chi connectivity index (χ4v) is 2.27. The monoisotopic (exact) mass is 364 g/mol. The minimum atomic E-state index is -0.511. The van der Waals surface area contributed by atoms with Crippen LogP contribution in [-0.4, -0.2) is 18.2 Å². The molecule has 2 rings (SSSR count). The third-order valence-corrected chi connectivity index (χ3v) is 3.50. The maximum Gasteiger partial charge on any atom is 0.277 e. The summed E-state index contributed by atoms with van der Waals surface area (Å²) in [6.07, 6.45) is 0. The van der Waals surface area contributed by atoms with Gasteiger partial charge in [-0.2, -0.15) is 5.10 Å². The molecule has 0 radical (unpaired) electrons. The van der Waals surface area contributed by atoms with E-state index in [9.17, 15) is 9.18 Å². The molecule has 0 aliphatic carbocycles. The number of carbonyl (C=O) groups is 1. The van der Waals surface area contributed by atoms with E-state index in [1.54, 1.807) is 19.1 Å². The molecule has 1 amide bonds. The number of carbonyl (C=O) groups excluding carboxylic acids is 1. The Bertz CT molecular complexity index is 704. The largest absolute Gasteiger partial charge is 0.481 e. The molecule has 0 aliphatic heterocycles. The lowest BCUT2D eigenvalue weighted by Crippen LogP contribution is -2.25. The predicted octanol–water partition coefficient (Wildman–Crippen LogP) is 3.51. The van der Waals surface area contributed by atoms with E-state index in [-0.39, 0.29) is 12.4 Å². The normalized spacial score (nSPS) is 11.1. The first-order chi connectivity index (χ1) is 10.6. The molecule has 0 fully saturated rings. The van der Waals surface area contributed by atoms with Crippen LogP contribution in [0.15, 0.2) is 58.1 Å². The lowest BCUT2D eigenvalue weighted by atomic mass is 10.1. The minimum absolute atomic E-state index is 0.0316. The van der Waals surface area contributed by atoms with Crippen molar-refractivity contribution in [2.24, 2.45) is 5.10 Å². The lowest BCUT2D eigenvalue weighted by Gasteiger charge is -2.07. The number of amides is 1. The second-order valence-corrected chi connectivity index (χ2v) is 5.29. The Morgan fingerprint density at radius 3 is 2.64 bits per heavy atom. The molecule has 2 aromatic carbocycles. The van der Waals surface area contributed by atoms with Gasteiger partial charge in [0.1, 0.15) is 0 Å². The van der Waals surface area contributed by atoms with Gasteiger partial charge in [0.2, 0.25) is 0 Å². The summed E-state index contributed by atoms with van der Waals surface area (Å²) in [4.78, 5) is 11.7. The Morgan fingerprint density at radius 1 is 1.23 bits per heavy atom. The SMILES string of the molecule is C/C(=N/NC(=O)COc1ccccc1F)c1ccccc1Br. The standard InChI is InChI=1S/C16H14BrFN2O2/c1-11(12-6-2-3-7-13(12)17)19-20-16(21)10-22-15-9-5-4-8-14(15)18/h2-9H,10H2,1H3,(H,20,21)/b19-11-. The molecule has 0 bridgehead atoms. The molecule has 0 unspecified atom stereocenters. The fourth-order valence-electron chi connectivity index (χ4n) is 1.70. The van der Waals surface area contributed by atoms with Crippen LogP contribution in [0.25, 0.3) is 0 Å². The molecule has 0 spiro atoms. The van der Waals surface area contributed by atoms with Crippen molar-refractivity contribution >= 4 is 27.5 Å². The molecule has 0 saturated heterocycles. The number of para-hydroxylation sites is 1. The maximum atomic E-state index is 13.3. The highest BCUT2D eigenvalue weighted by molar-refractivity contribution is 9.10. The van der Waals surface area contributed by atoms with Gasteiger partial charge in [0.25, 0.3) is 5.91 Å². The molecule has 0 aliphatic rings. The topological polar surface area (TPSA) is 50.7 Å². The smallest absolute Gasteiger partial charge is 0.277 e. The van der Waals surface area contributed by atoms with Gasteiger partial charge in [0.05, 0.1) is 5.71 Å². The van der Waals surface area contributed by atoms with Crippen molar-refractivity contribution in [1.82, 2.24) is 5.43 Å². The fraction of sp³-hybridized carbons (Fsp3) is 0.125. The van der Waals surface area contributed by atoms with Crippen LogP contribution in [0.2, 0.25) is 0 Å². The van der Waals surface area contributed by atoms with E-state index in [0.717, 1.165) is 10.0 Å². The number of nitrogens with zero attached hydrogens (tertiary/aromatic N) is 1. The number of hydrogen-bond acceptors (Lipinski definition) is 3. The van der Waals surface area contributed by atoms with Crippen LogP contribution >= 0.6 is 15.9 Å². The molecule has 0 aromatic heterocycles. The summed E-state index contributed by atoms with van der Waals surface area (Å²) < 4.78 is 19.3. The number of ether oxygens (including phenoxy) is 1. The molecule has 6 heteroatoms. The molecule has 0 heterocycles. The quantitative estimate of drug-likeness (QED) is 0.651. The van der Waals surface area contributed by atoms with E-state index >= 15 is 0 Å². The molecular weight excluding hydrogens is 351 g/mol. The Labute approximate surface area is 136 Å². The van der Waals surface area contributed by atoms with Gasteiger partial charge >= 0.3 is 0 Å². The van der Waals surface area contributed by atoms with Gasteiger partial charge in [-0.1, -0.05) is 46.3 Å². The van der Waals surface area contributed by atoms with Gasteiger partial charge in [-0.25, -0.2) is 9.82 Å². The van der Waals surface area contributed by atoms with Crippen molar-refractivity contribution in [2.75, 3.05) is 6.61 Å². The van der Waals surface area contributed by atoms with Gasteiger partial charge in [-0.15, -0.1) is 0 Å². The van der Waals surface area contributed by atoms with Gasteiger partial charge in [-0.3, -0.25) is 4.79 Å². The van der Waals surface area contributed by atoms with E-state index in [1.807, 2.05) is 24.3 Å². The summed E-state index contributed by atoms with van der Waals surface area (Å²) in [5.41, 5.74) is 3.90. The summed E-state index contributed by atoms with van der Waals surface area (Å²) in [7, 11) is 0. The van der Waals surface area contributed by atoms with Crippen LogP contribution in [0.4, 0.5) is 4.39 Å². The summed E-state index contributed by atoms with van der Waals surface area (Å²) in [6.45, 7) is 1.46. The third-order valence-electron chi connectivity index (χ3n) is 2.81. The van der Waals surface area contributed by atoms with Crippen molar-refractivity contribution in [3.05, 3.63) is 64.4 Å². The van der Waals surface area contributed by atoms with Crippen LogP contribution in [0.5, 0.6) is 5.75 Å². The van der Waals surface area contributed by atoms with Gasteiger partial charge in [0.15, 0.2) is 18.2 Å². The van der Waals surface area contributed by atoms with Gasteiger partial charge in [-0.05, 0) is 25.1 Å². The Kier molecular flexibility index (Phi) is 5.66. The highest BCUT2D eigenvalue weighted by atomic mass is 79.9. The van der Waals surface area contributed by atoms with Crippen LogP contribution in [0.1, 0.15) is 12.5 Å². The van der Waals surface area contributed by atoms with Crippen LogP contribution in [0.3, 0.4) is 0 Å². The molecule has 0 atom stereocenters. The number of hydrogen-bond donors (Lipinski definition) is 1. The first-order valence-electron chi connectivity index (χ1n) is 6.53. The Hall–Kier alpha value is -2.21. The average molecular weight is 365 g/mol. The second-order valence-electron chi connectivity index (χ2n) is 4.43. The lowest BCUT2D eigenvalue weighted by molar-refractivity contribution is -0.123. The van der Waals surface area contributed by atoms with Crippen molar-refractivity contribution in [2.45, 2.75) is 6.92 Å². The molecule has 4 nitrogen and oxygen atoms in total. The van der Waals surface area contributed by atoms with Crippen molar-refractivity contribution < 1.29 is 13.9 Å². The highest BCUT2D eigenvalue weighted by Crippen LogP contribution is 2.16. The summed E-state index contributed by atoms with van der Waals surface area (Å²) in [5.74, 6) is -0.943. The molecule has 2 aromatic rings. The number of hydrazone groups is 1. The van der Waals surface area contributed by atoms with Crippen molar-refractivity contribution in [3.63, 3.8) is 0 Å². The second kappa shape index (κ2) is 7.70. The molecule has 22 heavy (non-hydrogen) atoms. The Morgan fingerprint density at radius 2 is 1.91 bits per heavy atom. The number of halogens is 2.